The maximum Gasteiger partial charge on any atom is 0.273 e. The number of anilines is 2. The number of aliphatic hydroxyl groups excluding tert-OH is 1. The predicted molar refractivity (Wildman–Crippen MR) is 164 cm³/mol. The minimum absolute atomic E-state index is 0.0246. The Kier molecular flexibility index (Phi) is 9.77. The Morgan fingerprint density at radius 2 is 1.88 bits per heavy atom. The number of halogens is 2. The standard InChI is InChI=1S/C29H38Cl2N8O2/c1-2-5-22-18-38(28-26(31)35-24(27(32)36-28)29(41)33-10-15-40)13-14-39(22)21-8-11-37(12-9-21)17-20-16-19-6-3-4-7-23(19)34-25(20)30/h3-4,6-7,16,21-22,40H,2,5,8-15,17-18H2,1H3,(H2,32,36)(H,33,41)/t22-/m0/s1. The maximum atomic E-state index is 12.3. The summed E-state index contributed by atoms with van der Waals surface area (Å²) in [6.45, 7) is 7.40. The van der Waals surface area contributed by atoms with Crippen molar-refractivity contribution >= 4 is 51.6 Å². The van der Waals surface area contributed by atoms with Gasteiger partial charge < -0.3 is 21.1 Å². The molecular formula is C29H38Cl2N8O2. The van der Waals surface area contributed by atoms with E-state index in [1.165, 1.54) is 0 Å². The summed E-state index contributed by atoms with van der Waals surface area (Å²) in [5, 5.41) is 13.4. The number of aliphatic hydroxyl groups is 1. The number of carbonyl (C=O) groups excluding carboxylic acids is 1. The van der Waals surface area contributed by atoms with Gasteiger partial charge in [0.05, 0.1) is 12.1 Å². The quantitative estimate of drug-likeness (QED) is 0.316. The van der Waals surface area contributed by atoms with Crippen molar-refractivity contribution in [2.75, 3.05) is 56.5 Å². The molecule has 2 aromatic heterocycles. The number of fused-ring (bicyclic) bond motifs is 1. The molecule has 1 aromatic carbocycles. The summed E-state index contributed by atoms with van der Waals surface area (Å²) in [4.78, 5) is 32.9. The van der Waals surface area contributed by atoms with Crippen LogP contribution in [0.4, 0.5) is 11.6 Å². The zero-order chi connectivity index (χ0) is 28.9. The van der Waals surface area contributed by atoms with E-state index in [4.69, 9.17) is 34.0 Å². The highest BCUT2D eigenvalue weighted by Gasteiger charge is 2.35. The van der Waals surface area contributed by atoms with Crippen molar-refractivity contribution < 1.29 is 9.90 Å². The second-order valence-electron chi connectivity index (χ2n) is 10.8. The van der Waals surface area contributed by atoms with E-state index >= 15 is 0 Å². The van der Waals surface area contributed by atoms with Gasteiger partial charge in [0.25, 0.3) is 5.91 Å². The Bertz CT molecular complexity index is 1370. The van der Waals surface area contributed by atoms with E-state index in [1.54, 1.807) is 0 Å². The summed E-state index contributed by atoms with van der Waals surface area (Å²) in [5.41, 5.74) is 8.08. The number of likely N-dealkylation sites (tertiary alicyclic amines) is 1. The number of benzene rings is 1. The lowest BCUT2D eigenvalue weighted by molar-refractivity contribution is 0.0589. The first-order chi connectivity index (χ1) is 19.9. The van der Waals surface area contributed by atoms with E-state index in [1.807, 2.05) is 18.2 Å². The molecule has 4 N–H and O–H groups in total. The molecule has 10 nitrogen and oxygen atoms in total. The van der Waals surface area contributed by atoms with Crippen molar-refractivity contribution in [3.8, 4) is 0 Å². The van der Waals surface area contributed by atoms with Crippen molar-refractivity contribution in [3.05, 3.63) is 51.9 Å². The number of pyridine rings is 1. The molecule has 2 fully saturated rings. The van der Waals surface area contributed by atoms with Crippen LogP contribution >= 0.6 is 23.2 Å². The second kappa shape index (κ2) is 13.5. The molecule has 3 aromatic rings. The largest absolute Gasteiger partial charge is 0.395 e. The van der Waals surface area contributed by atoms with Crippen molar-refractivity contribution in [2.45, 2.75) is 51.2 Å². The number of aromatic nitrogens is 3. The fraction of sp³-hybridized carbons (Fsp3) is 0.517. The molecule has 0 spiro atoms. The van der Waals surface area contributed by atoms with Crippen LogP contribution in [0.5, 0.6) is 0 Å². The van der Waals surface area contributed by atoms with Gasteiger partial charge in [-0.15, -0.1) is 0 Å². The second-order valence-corrected chi connectivity index (χ2v) is 11.5. The predicted octanol–water partition coefficient (Wildman–Crippen LogP) is 3.59. The molecule has 2 saturated heterocycles. The first kappa shape index (κ1) is 29.7. The topological polar surface area (TPSA) is 124 Å². The number of para-hydroxylation sites is 1. The van der Waals surface area contributed by atoms with E-state index in [9.17, 15) is 4.79 Å². The summed E-state index contributed by atoms with van der Waals surface area (Å²) in [6, 6.07) is 11.1. The van der Waals surface area contributed by atoms with Gasteiger partial charge in [-0.25, -0.2) is 15.0 Å². The number of piperidine rings is 1. The van der Waals surface area contributed by atoms with E-state index in [2.05, 4.69) is 54.0 Å². The molecule has 0 saturated carbocycles. The van der Waals surface area contributed by atoms with Crippen LogP contribution in [-0.2, 0) is 6.54 Å². The third-order valence-corrected chi connectivity index (χ3v) is 8.68. The highest BCUT2D eigenvalue weighted by atomic mass is 35.5. The van der Waals surface area contributed by atoms with Gasteiger partial charge in [-0.1, -0.05) is 54.7 Å². The van der Waals surface area contributed by atoms with Crippen LogP contribution in [-0.4, -0.2) is 93.7 Å². The first-order valence-electron chi connectivity index (χ1n) is 14.4. The Labute approximate surface area is 250 Å². The normalized spacial score (nSPS) is 19.1. The monoisotopic (exact) mass is 600 g/mol. The lowest BCUT2D eigenvalue weighted by Crippen LogP contribution is -2.58. The molecule has 5 rings (SSSR count). The van der Waals surface area contributed by atoms with Crippen molar-refractivity contribution in [2.24, 2.45) is 0 Å². The molecule has 41 heavy (non-hydrogen) atoms. The molecule has 220 valence electrons. The Morgan fingerprint density at radius 1 is 1.10 bits per heavy atom. The number of hydrogen-bond acceptors (Lipinski definition) is 9. The lowest BCUT2D eigenvalue weighted by atomic mass is 9.97. The average Bonchev–Trinajstić information content (AvgIpc) is 2.98. The molecular weight excluding hydrogens is 563 g/mol. The van der Waals surface area contributed by atoms with Crippen LogP contribution in [0, 0.1) is 0 Å². The van der Waals surface area contributed by atoms with Crippen LogP contribution in [0.15, 0.2) is 30.3 Å². The summed E-state index contributed by atoms with van der Waals surface area (Å²) in [7, 11) is 0. The third kappa shape index (κ3) is 6.84. The number of carbonyl (C=O) groups is 1. The maximum absolute atomic E-state index is 12.3. The molecule has 2 aliphatic heterocycles. The van der Waals surface area contributed by atoms with E-state index in [-0.39, 0.29) is 29.8 Å². The van der Waals surface area contributed by atoms with Crippen molar-refractivity contribution in [3.63, 3.8) is 0 Å². The number of nitrogens with one attached hydrogen (secondary N) is 1. The van der Waals surface area contributed by atoms with Gasteiger partial charge in [0.2, 0.25) is 0 Å². The summed E-state index contributed by atoms with van der Waals surface area (Å²) in [6.07, 6.45) is 4.35. The van der Waals surface area contributed by atoms with Gasteiger partial charge in [0.1, 0.15) is 5.15 Å². The van der Waals surface area contributed by atoms with Crippen LogP contribution in [0.25, 0.3) is 10.9 Å². The zero-order valence-electron chi connectivity index (χ0n) is 23.4. The number of nitrogens with two attached hydrogens (primary N) is 1. The molecule has 4 heterocycles. The molecule has 1 atom stereocenters. The lowest BCUT2D eigenvalue weighted by Gasteiger charge is -2.48. The van der Waals surface area contributed by atoms with Crippen LogP contribution < -0.4 is 16.0 Å². The molecule has 0 aliphatic carbocycles. The number of nitrogen functional groups attached to an aromatic ring is 1. The van der Waals surface area contributed by atoms with Gasteiger partial charge >= 0.3 is 0 Å². The SMILES string of the molecule is CCC[C@H]1CN(c2nc(N)c(C(=O)NCCO)nc2Cl)CCN1C1CCN(Cc2cc3ccccc3nc2Cl)CC1. The Morgan fingerprint density at radius 3 is 2.63 bits per heavy atom. The summed E-state index contributed by atoms with van der Waals surface area (Å²) < 4.78 is 0. The van der Waals surface area contributed by atoms with Crippen molar-refractivity contribution in [1.82, 2.24) is 30.1 Å². The van der Waals surface area contributed by atoms with Gasteiger partial charge in [-0.2, -0.15) is 0 Å². The van der Waals surface area contributed by atoms with Gasteiger partial charge in [-0.3, -0.25) is 14.6 Å². The summed E-state index contributed by atoms with van der Waals surface area (Å²) in [5.74, 6) is 0.0411. The van der Waals surface area contributed by atoms with Gasteiger partial charge in [0, 0.05) is 55.8 Å². The van der Waals surface area contributed by atoms with E-state index in [0.29, 0.717) is 23.1 Å². The zero-order valence-corrected chi connectivity index (χ0v) is 24.9. The van der Waals surface area contributed by atoms with E-state index < -0.39 is 5.91 Å². The smallest absolute Gasteiger partial charge is 0.273 e. The summed E-state index contributed by atoms with van der Waals surface area (Å²) >= 11 is 13.1. The molecule has 0 bridgehead atoms. The van der Waals surface area contributed by atoms with Gasteiger partial charge in [0.15, 0.2) is 22.5 Å². The highest BCUT2D eigenvalue weighted by Crippen LogP contribution is 2.31. The number of rotatable bonds is 9. The third-order valence-electron chi connectivity index (χ3n) is 8.10. The molecule has 2 aliphatic rings. The Balaban J connectivity index is 1.21. The van der Waals surface area contributed by atoms with Gasteiger partial charge in [-0.05, 0) is 44.5 Å². The minimum Gasteiger partial charge on any atom is -0.395 e. The average molecular weight is 602 g/mol. The van der Waals surface area contributed by atoms with Crippen molar-refractivity contribution in [1.29, 1.82) is 0 Å². The van der Waals surface area contributed by atoms with Crippen LogP contribution in [0.3, 0.4) is 0 Å². The Hall–Kier alpha value is -2.76. The van der Waals surface area contributed by atoms with Crippen LogP contribution in [0.2, 0.25) is 10.3 Å². The fourth-order valence-electron chi connectivity index (χ4n) is 6.07. The molecule has 0 unspecified atom stereocenters. The molecule has 0 radical (unpaired) electrons. The number of amides is 1. The number of hydrogen-bond donors (Lipinski definition) is 3. The number of nitrogens with zero attached hydrogens (tertiary/aromatic N) is 6. The highest BCUT2D eigenvalue weighted by molar-refractivity contribution is 6.32. The first-order valence-corrected chi connectivity index (χ1v) is 15.1. The molecule has 12 heteroatoms. The molecule has 1 amide bonds. The van der Waals surface area contributed by atoms with E-state index in [0.717, 1.165) is 81.4 Å². The van der Waals surface area contributed by atoms with Crippen LogP contribution in [0.1, 0.15) is 48.7 Å². The fourth-order valence-corrected chi connectivity index (χ4v) is 6.52. The minimum atomic E-state index is -0.503. The number of piperazine rings is 1.